The maximum atomic E-state index is 12.0. The summed E-state index contributed by atoms with van der Waals surface area (Å²) in [7, 11) is 0. The highest BCUT2D eigenvalue weighted by molar-refractivity contribution is 6.04. The number of nitrogens with two attached hydrogens (primary N) is 1. The van der Waals surface area contributed by atoms with Crippen molar-refractivity contribution in [1.29, 1.82) is 0 Å². The van der Waals surface area contributed by atoms with E-state index in [-0.39, 0.29) is 41.6 Å². The summed E-state index contributed by atoms with van der Waals surface area (Å²) in [6.45, 7) is 3.59. The van der Waals surface area contributed by atoms with E-state index in [1.807, 2.05) is 0 Å². The first-order valence-corrected chi connectivity index (χ1v) is 8.25. The Morgan fingerprint density at radius 3 is 2.44 bits per heavy atom. The van der Waals surface area contributed by atoms with E-state index in [0.29, 0.717) is 0 Å². The van der Waals surface area contributed by atoms with E-state index in [1.54, 1.807) is 13.8 Å². The number of ether oxygens (including phenoxy) is 2. The Kier molecular flexibility index (Phi) is 6.17. The van der Waals surface area contributed by atoms with Gasteiger partial charge in [0.1, 0.15) is 11.7 Å². The lowest BCUT2D eigenvalue weighted by Crippen LogP contribution is -2.38. The largest absolute Gasteiger partial charge is 0.481 e. The minimum atomic E-state index is -1.40. The van der Waals surface area contributed by atoms with Gasteiger partial charge in [-0.15, -0.1) is 0 Å². The molecule has 0 bridgehead atoms. The van der Waals surface area contributed by atoms with E-state index in [1.165, 1.54) is 24.3 Å². The number of aliphatic imine (C=N–C) groups is 1. The molecule has 0 fully saturated rings. The zero-order valence-electron chi connectivity index (χ0n) is 14.8. The molecule has 1 aromatic rings. The van der Waals surface area contributed by atoms with E-state index in [4.69, 9.17) is 15.2 Å². The highest BCUT2D eigenvalue weighted by Gasteiger charge is 2.44. The Labute approximate surface area is 155 Å². The number of carbonyl (C=O) groups excluding carboxylic acids is 1. The fourth-order valence-corrected chi connectivity index (χ4v) is 2.91. The third-order valence-electron chi connectivity index (χ3n) is 3.96. The molecule has 9 heteroatoms. The quantitative estimate of drug-likeness (QED) is 0.630. The van der Waals surface area contributed by atoms with Crippen molar-refractivity contribution in [2.24, 2.45) is 16.6 Å². The number of carboxylic acids is 2. The lowest BCUT2D eigenvalue weighted by molar-refractivity contribution is -0.140. The summed E-state index contributed by atoms with van der Waals surface area (Å²) >= 11 is 0. The summed E-state index contributed by atoms with van der Waals surface area (Å²) in [5.41, 5.74) is 5.86. The van der Waals surface area contributed by atoms with Gasteiger partial charge < -0.3 is 25.4 Å². The van der Waals surface area contributed by atoms with Gasteiger partial charge in [-0.1, -0.05) is 12.1 Å². The van der Waals surface area contributed by atoms with Gasteiger partial charge in [-0.3, -0.25) is 4.79 Å². The predicted molar refractivity (Wildman–Crippen MR) is 94.2 cm³/mol. The number of carboxylic acid groups (broad SMARTS) is 2. The molecule has 144 valence electrons. The molecule has 1 aliphatic rings. The van der Waals surface area contributed by atoms with Crippen LogP contribution < -0.4 is 5.73 Å². The summed E-state index contributed by atoms with van der Waals surface area (Å²) in [4.78, 5) is 39.5. The second kappa shape index (κ2) is 8.35. The number of carbonyl (C=O) groups is 3. The van der Waals surface area contributed by atoms with E-state index < -0.39 is 29.7 Å². The first-order valence-electron chi connectivity index (χ1n) is 8.25. The van der Waals surface area contributed by atoms with Gasteiger partial charge in [0.05, 0.1) is 24.4 Å². The van der Waals surface area contributed by atoms with Gasteiger partial charge in [-0.2, -0.15) is 4.99 Å². The number of rotatable bonds is 6. The minimum Gasteiger partial charge on any atom is -0.481 e. The van der Waals surface area contributed by atoms with Gasteiger partial charge in [0.15, 0.2) is 0 Å². The Bertz CT molecular complexity index is 829. The number of nitrogens with zero attached hydrogens (tertiary/aromatic N) is 1. The van der Waals surface area contributed by atoms with Crippen LogP contribution in [0.1, 0.15) is 35.7 Å². The van der Waals surface area contributed by atoms with Gasteiger partial charge in [-0.25, -0.2) is 9.59 Å². The smallest absolute Gasteiger partial charge is 0.338 e. The van der Waals surface area contributed by atoms with Gasteiger partial charge in [-0.05, 0) is 31.5 Å². The molecular weight excluding hydrogens is 356 g/mol. The summed E-state index contributed by atoms with van der Waals surface area (Å²) in [6, 6.07) is 5.92. The van der Waals surface area contributed by atoms with E-state index in [0.717, 1.165) is 0 Å². The van der Waals surface area contributed by atoms with Crippen molar-refractivity contribution < 1.29 is 34.1 Å². The maximum absolute atomic E-state index is 12.0. The molecule has 9 nitrogen and oxygen atoms in total. The van der Waals surface area contributed by atoms with Crippen LogP contribution in [0.2, 0.25) is 0 Å². The van der Waals surface area contributed by atoms with Crippen molar-refractivity contribution in [2.45, 2.75) is 19.8 Å². The molecule has 0 aromatic heterocycles. The van der Waals surface area contributed by atoms with Crippen LogP contribution in [-0.4, -0.2) is 47.2 Å². The average Bonchev–Trinajstić information content (AvgIpc) is 2.61. The molecule has 0 amide bonds. The van der Waals surface area contributed by atoms with Gasteiger partial charge in [0.25, 0.3) is 0 Å². The number of benzene rings is 1. The van der Waals surface area contributed by atoms with Crippen LogP contribution in [0, 0.1) is 5.92 Å². The molecule has 1 aliphatic heterocycles. The predicted octanol–water partition coefficient (Wildman–Crippen LogP) is 1.35. The molecule has 0 radical (unpaired) electrons. The Morgan fingerprint density at radius 2 is 1.89 bits per heavy atom. The highest BCUT2D eigenvalue weighted by atomic mass is 16.5. The lowest BCUT2D eigenvalue weighted by atomic mass is 9.78. The van der Waals surface area contributed by atoms with Crippen molar-refractivity contribution >= 4 is 23.8 Å². The maximum Gasteiger partial charge on any atom is 0.338 e. The summed E-state index contributed by atoms with van der Waals surface area (Å²) in [5, 5.41) is 19.3. The monoisotopic (exact) mass is 376 g/mol. The van der Waals surface area contributed by atoms with Gasteiger partial charge >= 0.3 is 17.9 Å². The van der Waals surface area contributed by atoms with Crippen LogP contribution in [-0.2, 0) is 19.1 Å². The van der Waals surface area contributed by atoms with E-state index >= 15 is 0 Å². The molecule has 0 saturated carbocycles. The number of hydrogen-bond acceptors (Lipinski definition) is 7. The van der Waals surface area contributed by atoms with Crippen molar-refractivity contribution in [2.75, 3.05) is 13.2 Å². The van der Waals surface area contributed by atoms with Crippen LogP contribution in [0.4, 0.5) is 0 Å². The Balaban J connectivity index is 2.64. The zero-order chi connectivity index (χ0) is 20.1. The van der Waals surface area contributed by atoms with Crippen LogP contribution in [0.25, 0.3) is 0 Å². The molecule has 0 spiro atoms. The molecule has 0 saturated heterocycles. The van der Waals surface area contributed by atoms with Crippen LogP contribution in [0.15, 0.2) is 40.7 Å². The van der Waals surface area contributed by atoms with E-state index in [9.17, 15) is 24.6 Å². The molecule has 1 heterocycles. The SMILES string of the molecule is CCOC(=O)c1cccc(C2C(C(=O)O)=C(N)N=C(OCC)C2C(=O)O)c1. The van der Waals surface area contributed by atoms with Crippen LogP contribution >= 0.6 is 0 Å². The molecule has 2 rings (SSSR count). The van der Waals surface area contributed by atoms with Crippen molar-refractivity contribution in [3.63, 3.8) is 0 Å². The van der Waals surface area contributed by atoms with E-state index in [2.05, 4.69) is 4.99 Å². The zero-order valence-corrected chi connectivity index (χ0v) is 14.8. The second-order valence-corrected chi connectivity index (χ2v) is 5.63. The fraction of sp³-hybridized carbons (Fsp3) is 0.333. The standard InChI is InChI=1S/C18H20N2O7/c1-3-26-15-13(17(23)24)11(12(16(21)22)14(19)20-15)9-6-5-7-10(8-9)18(25)27-4-2/h5-8,11,13H,3-4,19H2,1-2H3,(H,21,22)(H,23,24). The van der Waals surface area contributed by atoms with Crippen molar-refractivity contribution in [3.05, 3.63) is 46.8 Å². The van der Waals surface area contributed by atoms with Crippen molar-refractivity contribution in [3.8, 4) is 0 Å². The molecule has 4 N–H and O–H groups in total. The normalized spacial score (nSPS) is 19.3. The molecular formula is C18H20N2O7. The average molecular weight is 376 g/mol. The highest BCUT2D eigenvalue weighted by Crippen LogP contribution is 2.38. The fourth-order valence-electron chi connectivity index (χ4n) is 2.91. The van der Waals surface area contributed by atoms with Gasteiger partial charge in [0.2, 0.25) is 5.90 Å². The second-order valence-electron chi connectivity index (χ2n) is 5.63. The Hall–Kier alpha value is -3.36. The summed E-state index contributed by atoms with van der Waals surface area (Å²) in [6.07, 6.45) is 0. The van der Waals surface area contributed by atoms with Gasteiger partial charge in [0, 0.05) is 5.92 Å². The van der Waals surface area contributed by atoms with Crippen molar-refractivity contribution in [1.82, 2.24) is 0 Å². The number of aliphatic carboxylic acids is 2. The summed E-state index contributed by atoms with van der Waals surface area (Å²) < 4.78 is 10.2. The Morgan fingerprint density at radius 1 is 1.19 bits per heavy atom. The topological polar surface area (TPSA) is 149 Å². The van der Waals surface area contributed by atoms with Crippen LogP contribution in [0.3, 0.4) is 0 Å². The molecule has 27 heavy (non-hydrogen) atoms. The molecule has 2 unspecified atom stereocenters. The molecule has 1 aromatic carbocycles. The first-order chi connectivity index (χ1) is 12.8. The third kappa shape index (κ3) is 4.08. The lowest BCUT2D eigenvalue weighted by Gasteiger charge is -2.29. The minimum absolute atomic E-state index is 0.133. The number of esters is 1. The molecule has 2 atom stereocenters. The van der Waals surface area contributed by atoms with Crippen LogP contribution in [0.5, 0.6) is 0 Å². The molecule has 0 aliphatic carbocycles. The summed E-state index contributed by atoms with van der Waals surface area (Å²) in [5.74, 6) is -6.43. The number of hydrogen-bond donors (Lipinski definition) is 3. The third-order valence-corrected chi connectivity index (χ3v) is 3.96. The first kappa shape index (κ1) is 20.0.